The molecule has 0 radical (unpaired) electrons. The van der Waals surface area contributed by atoms with Crippen molar-refractivity contribution in [2.24, 2.45) is 10.9 Å². The molecule has 2 fully saturated rings. The van der Waals surface area contributed by atoms with E-state index in [0.29, 0.717) is 0 Å². The fourth-order valence-corrected chi connectivity index (χ4v) is 8.30. The Bertz CT molecular complexity index is 1260. The van der Waals surface area contributed by atoms with Crippen LogP contribution in [0.4, 0.5) is 5.13 Å². The molecule has 7 N–H and O–H groups in total. The van der Waals surface area contributed by atoms with Crippen molar-refractivity contribution in [3.05, 3.63) is 28.5 Å². The fraction of sp³-hybridized carbons (Fsp3) is 0.350. The van der Waals surface area contributed by atoms with Gasteiger partial charge in [-0.3, -0.25) is 24.2 Å². The van der Waals surface area contributed by atoms with Crippen LogP contribution in [0.3, 0.4) is 0 Å². The van der Waals surface area contributed by atoms with Crippen molar-refractivity contribution in [2.45, 2.75) is 32.9 Å². The zero-order chi connectivity index (χ0) is 28.0. The van der Waals surface area contributed by atoms with Crippen LogP contribution in [-0.4, -0.2) is 89.3 Å². The topological polar surface area (TPSA) is 214 Å². The van der Waals surface area contributed by atoms with Crippen LogP contribution in [0, 0.1) is 0 Å². The molecule has 3 atom stereocenters. The number of hydrogen-bond acceptors (Lipinski definition) is 13. The first-order valence-electron chi connectivity index (χ1n) is 10.6. The number of thioether (sulfide) groups is 3. The minimum atomic E-state index is -1.26. The molecule has 0 spiro atoms. The summed E-state index contributed by atoms with van der Waals surface area (Å²) in [5, 5.41) is 24.6. The first-order valence-corrected chi connectivity index (χ1v) is 14.7. The third-order valence-corrected chi connectivity index (χ3v) is 10.5. The summed E-state index contributed by atoms with van der Waals surface area (Å²) >= 11 is 11.0. The second kappa shape index (κ2) is 12.9. The predicted molar refractivity (Wildman–Crippen MR) is 147 cm³/mol. The van der Waals surface area contributed by atoms with E-state index in [9.17, 15) is 24.7 Å². The number of primary amides is 1. The zero-order valence-corrected chi connectivity index (χ0v) is 23.6. The molecule has 0 aromatic carbocycles. The van der Waals surface area contributed by atoms with E-state index in [1.165, 1.54) is 28.4 Å². The summed E-state index contributed by atoms with van der Waals surface area (Å²) in [6.45, 7) is 1.97. The molecule has 2 aliphatic heterocycles. The molecule has 4 rings (SSSR count). The molecular weight excluding hydrogens is 598 g/mol. The standard InChI is InChI=1S/C19H19ClN6O5S4.CH3NO/c1-2-32-9-5-22-4-3-8(9)35-19(17(29)30)6-26-15(28)12(16(26)33-7-19)23-14(27)11(25-31)10-13(20)34-18(21)24-10;2-1-3/h3-5,12,16,31H,2,6-7H2,1H3,(H2,21,24)(H,23,27)(H,29,30);1H,(H2,2,3)/t12-,16-,19?;/m1./s1. The van der Waals surface area contributed by atoms with Crippen LogP contribution in [0.1, 0.15) is 12.6 Å². The highest BCUT2D eigenvalue weighted by atomic mass is 35.5. The van der Waals surface area contributed by atoms with Crippen molar-refractivity contribution in [1.29, 1.82) is 0 Å². The molecule has 4 heterocycles. The number of carbonyl (C=O) groups excluding carboxylic acids is 3. The van der Waals surface area contributed by atoms with Crippen molar-refractivity contribution in [3.63, 3.8) is 0 Å². The fourth-order valence-electron chi connectivity index (χ4n) is 3.59. The molecule has 0 bridgehead atoms. The lowest BCUT2D eigenvalue weighted by molar-refractivity contribution is -0.151. The number of pyridine rings is 1. The highest BCUT2D eigenvalue weighted by Gasteiger charge is 2.58. The van der Waals surface area contributed by atoms with Crippen molar-refractivity contribution in [1.82, 2.24) is 20.2 Å². The normalized spacial score (nSPS) is 22.4. The van der Waals surface area contributed by atoms with Gasteiger partial charge in [-0.25, -0.2) is 4.98 Å². The number of nitrogens with zero attached hydrogens (tertiary/aromatic N) is 4. The smallest absolute Gasteiger partial charge is 0.322 e. The lowest BCUT2D eigenvalue weighted by atomic mass is 10.0. The van der Waals surface area contributed by atoms with Crippen LogP contribution in [0.5, 0.6) is 0 Å². The average molecular weight is 620 g/mol. The Hall–Kier alpha value is -2.73. The average Bonchev–Trinajstić information content (AvgIpc) is 3.22. The number of carboxylic acids is 1. The van der Waals surface area contributed by atoms with Gasteiger partial charge < -0.3 is 32.0 Å². The van der Waals surface area contributed by atoms with Gasteiger partial charge >= 0.3 is 5.97 Å². The Balaban J connectivity index is 0.00000127. The third kappa shape index (κ3) is 6.12. The third-order valence-electron chi connectivity index (χ3n) is 5.22. The second-order valence-electron chi connectivity index (χ2n) is 7.53. The minimum Gasteiger partial charge on any atom is -0.480 e. The van der Waals surface area contributed by atoms with Gasteiger partial charge in [0.05, 0.1) is 0 Å². The Morgan fingerprint density at radius 3 is 2.74 bits per heavy atom. The van der Waals surface area contributed by atoms with Gasteiger partial charge in [0, 0.05) is 34.5 Å². The molecule has 1 unspecified atom stereocenters. The molecule has 2 saturated heterocycles. The maximum absolute atomic E-state index is 12.9. The highest BCUT2D eigenvalue weighted by Crippen LogP contribution is 2.48. The number of fused-ring (bicyclic) bond motifs is 1. The largest absolute Gasteiger partial charge is 0.480 e. The predicted octanol–water partition coefficient (Wildman–Crippen LogP) is 1.18. The molecule has 0 aliphatic carbocycles. The van der Waals surface area contributed by atoms with Gasteiger partial charge in [0.15, 0.2) is 10.8 Å². The summed E-state index contributed by atoms with van der Waals surface area (Å²) in [4.78, 5) is 57.7. The maximum Gasteiger partial charge on any atom is 0.322 e. The van der Waals surface area contributed by atoms with E-state index in [1.54, 1.807) is 30.2 Å². The summed E-state index contributed by atoms with van der Waals surface area (Å²) in [5.74, 6) is -1.29. The summed E-state index contributed by atoms with van der Waals surface area (Å²) in [7, 11) is 0. The number of aromatic nitrogens is 2. The van der Waals surface area contributed by atoms with Crippen LogP contribution in [0.2, 0.25) is 4.34 Å². The monoisotopic (exact) mass is 619 g/mol. The SMILES string of the molecule is CCSc1cnccc1SC1(C(=O)O)CS[C@@H]2[C@H](NC(=O)C(=NO)c3nc(N)sc3Cl)C(=O)N2C1.NC=O. The van der Waals surface area contributed by atoms with Crippen molar-refractivity contribution in [2.75, 3.05) is 23.8 Å². The number of nitrogens with one attached hydrogen (secondary N) is 1. The number of aliphatic carboxylic acids is 1. The quantitative estimate of drug-likeness (QED) is 0.0703. The first-order chi connectivity index (χ1) is 18.1. The van der Waals surface area contributed by atoms with E-state index in [2.05, 4.69) is 26.2 Å². The van der Waals surface area contributed by atoms with E-state index in [-0.39, 0.29) is 33.9 Å². The number of oxime groups is 1. The van der Waals surface area contributed by atoms with Crippen LogP contribution < -0.4 is 16.8 Å². The molecule has 13 nitrogen and oxygen atoms in total. The van der Waals surface area contributed by atoms with Gasteiger partial charge in [0.2, 0.25) is 12.3 Å². The molecule has 18 heteroatoms. The first kappa shape index (κ1) is 29.8. The number of carboxylic acid groups (broad SMARTS) is 1. The number of β-lactam (4-membered cyclic amide) rings is 1. The van der Waals surface area contributed by atoms with Crippen molar-refractivity contribution in [3.8, 4) is 0 Å². The number of thiazole rings is 1. The van der Waals surface area contributed by atoms with E-state index in [1.807, 2.05) is 6.92 Å². The Labute approximate surface area is 238 Å². The number of amides is 3. The number of rotatable bonds is 8. The van der Waals surface area contributed by atoms with E-state index in [4.69, 9.17) is 22.1 Å². The van der Waals surface area contributed by atoms with E-state index >= 15 is 0 Å². The number of halogens is 1. The van der Waals surface area contributed by atoms with Crippen molar-refractivity contribution < 1.29 is 29.5 Å². The van der Waals surface area contributed by atoms with E-state index in [0.717, 1.165) is 26.9 Å². The van der Waals surface area contributed by atoms with Crippen LogP contribution in [-0.2, 0) is 19.2 Å². The van der Waals surface area contributed by atoms with Gasteiger partial charge in [0.25, 0.3) is 5.91 Å². The van der Waals surface area contributed by atoms with Gasteiger partial charge in [-0.15, -0.1) is 35.3 Å². The molecule has 3 amide bonds. The summed E-state index contributed by atoms with van der Waals surface area (Å²) in [6, 6.07) is 0.861. The lowest BCUT2D eigenvalue weighted by Crippen LogP contribution is -2.74. The highest BCUT2D eigenvalue weighted by molar-refractivity contribution is 8.05. The number of nitrogens with two attached hydrogens (primary N) is 2. The van der Waals surface area contributed by atoms with Crippen LogP contribution in [0.15, 0.2) is 33.4 Å². The summed E-state index contributed by atoms with van der Waals surface area (Å²) < 4.78 is -1.20. The number of carbonyl (C=O) groups is 4. The minimum absolute atomic E-state index is 0.0240. The number of hydrogen-bond donors (Lipinski definition) is 5. The molecule has 2 aromatic heterocycles. The van der Waals surface area contributed by atoms with E-state index < -0.39 is 39.7 Å². The molecule has 204 valence electrons. The summed E-state index contributed by atoms with van der Waals surface area (Å²) in [5.41, 5.74) is 9.20. The molecule has 2 aliphatic rings. The Morgan fingerprint density at radius 1 is 1.45 bits per heavy atom. The van der Waals surface area contributed by atoms with Gasteiger partial charge in [0.1, 0.15) is 26.2 Å². The van der Waals surface area contributed by atoms with Crippen LogP contribution >= 0.6 is 58.2 Å². The van der Waals surface area contributed by atoms with Crippen LogP contribution in [0.25, 0.3) is 0 Å². The Kier molecular flexibility index (Phi) is 10.1. The molecule has 38 heavy (non-hydrogen) atoms. The maximum atomic E-state index is 12.9. The van der Waals surface area contributed by atoms with Gasteiger partial charge in [-0.1, -0.05) is 35.0 Å². The number of anilines is 1. The number of nitrogen functional groups attached to an aromatic ring is 1. The van der Waals surface area contributed by atoms with Gasteiger partial charge in [-0.2, -0.15) is 0 Å². The second-order valence-corrected chi connectivity index (χ2v) is 13.0. The molecule has 0 saturated carbocycles. The van der Waals surface area contributed by atoms with Crippen molar-refractivity contribution >= 4 is 93.3 Å². The summed E-state index contributed by atoms with van der Waals surface area (Å²) in [6.07, 6.45) is 3.56. The van der Waals surface area contributed by atoms with Gasteiger partial charge in [-0.05, 0) is 11.8 Å². The molecule has 2 aromatic rings. The lowest BCUT2D eigenvalue weighted by Gasteiger charge is -2.53. The zero-order valence-electron chi connectivity index (χ0n) is 19.6. The Morgan fingerprint density at radius 2 is 2.16 bits per heavy atom. The molecular formula is C20H22ClN7O6S4.